The van der Waals surface area contributed by atoms with E-state index in [-0.39, 0.29) is 5.69 Å². The van der Waals surface area contributed by atoms with E-state index in [1.807, 2.05) is 41.1 Å². The molecule has 0 amide bonds. The zero-order valence-electron chi connectivity index (χ0n) is 17.3. The molecule has 4 aromatic rings. The molecule has 0 unspecified atom stereocenters. The van der Waals surface area contributed by atoms with E-state index in [1.54, 1.807) is 24.0 Å². The second kappa shape index (κ2) is 8.65. The third-order valence-electron chi connectivity index (χ3n) is 5.16. The third-order valence-corrected chi connectivity index (χ3v) is 5.83. The fourth-order valence-electron chi connectivity index (χ4n) is 3.64. The molecule has 0 aliphatic carbocycles. The molecule has 0 bridgehead atoms. The van der Waals surface area contributed by atoms with Crippen LogP contribution in [-0.4, -0.2) is 43.0 Å². The van der Waals surface area contributed by atoms with Crippen molar-refractivity contribution in [3.05, 3.63) is 87.3 Å². The molecular weight excluding hydrogens is 519 g/mol. The first-order valence-corrected chi connectivity index (χ1v) is 11.3. The lowest BCUT2D eigenvalue weighted by molar-refractivity contribution is 0.0520. The van der Waals surface area contributed by atoms with Gasteiger partial charge in [-0.05, 0) is 53.3 Å². The molecule has 0 N–H and O–H groups in total. The fraction of sp³-hybridized carbons (Fsp3) is 0.174. The Balaban J connectivity index is 1.59. The minimum Gasteiger partial charge on any atom is -0.461 e. The summed E-state index contributed by atoms with van der Waals surface area (Å²) in [5.41, 5.74) is 4.91. The predicted molar refractivity (Wildman–Crippen MR) is 128 cm³/mol. The molecule has 9 heteroatoms. The summed E-state index contributed by atoms with van der Waals surface area (Å²) in [4.78, 5) is 21.2. The van der Waals surface area contributed by atoms with Crippen LogP contribution < -0.4 is 0 Å². The van der Waals surface area contributed by atoms with Crippen LogP contribution in [0.4, 0.5) is 5.69 Å². The molecule has 0 saturated heterocycles. The number of esters is 1. The number of hydrogen-bond acceptors (Lipinski definition) is 6. The molecule has 0 fully saturated rings. The van der Waals surface area contributed by atoms with Gasteiger partial charge in [0.25, 0.3) is 0 Å². The van der Waals surface area contributed by atoms with Gasteiger partial charge in [0, 0.05) is 16.2 Å². The van der Waals surface area contributed by atoms with Gasteiger partial charge in [0.2, 0.25) is 0 Å². The first-order chi connectivity index (χ1) is 15.6. The Bertz CT molecular complexity index is 1330. The first kappa shape index (κ1) is 20.6. The van der Waals surface area contributed by atoms with Crippen molar-refractivity contribution in [2.75, 3.05) is 6.61 Å². The number of imidazole rings is 1. The number of aromatic nitrogens is 5. The van der Waals surface area contributed by atoms with E-state index in [4.69, 9.17) is 9.73 Å². The summed E-state index contributed by atoms with van der Waals surface area (Å²) in [6.07, 6.45) is 4.40. The Morgan fingerprint density at radius 3 is 2.84 bits per heavy atom. The fourth-order valence-corrected chi connectivity index (χ4v) is 4.12. The number of rotatable bonds is 4. The van der Waals surface area contributed by atoms with Gasteiger partial charge in [0.05, 0.1) is 35.8 Å². The van der Waals surface area contributed by atoms with E-state index in [1.165, 1.54) is 0 Å². The first-order valence-electron chi connectivity index (χ1n) is 10.2. The topological polar surface area (TPSA) is 87.2 Å². The Labute approximate surface area is 198 Å². The van der Waals surface area contributed by atoms with Crippen molar-refractivity contribution in [3.63, 3.8) is 0 Å². The van der Waals surface area contributed by atoms with Crippen molar-refractivity contribution < 1.29 is 9.53 Å². The van der Waals surface area contributed by atoms with Crippen molar-refractivity contribution in [1.29, 1.82) is 0 Å². The van der Waals surface area contributed by atoms with Crippen LogP contribution in [0.1, 0.15) is 34.4 Å². The minimum atomic E-state index is -0.452. The van der Waals surface area contributed by atoms with Crippen molar-refractivity contribution in [2.24, 2.45) is 4.99 Å². The lowest BCUT2D eigenvalue weighted by Gasteiger charge is -2.07. The number of fused-ring (bicyclic) bond motifs is 3. The average Bonchev–Trinajstić information content (AvgIpc) is 3.40. The van der Waals surface area contributed by atoms with Crippen LogP contribution in [0.3, 0.4) is 0 Å². The summed E-state index contributed by atoms with van der Waals surface area (Å²) in [7, 11) is 0. The molecule has 0 saturated carbocycles. The van der Waals surface area contributed by atoms with E-state index < -0.39 is 5.97 Å². The highest BCUT2D eigenvalue weighted by molar-refractivity contribution is 14.1. The van der Waals surface area contributed by atoms with Crippen LogP contribution >= 0.6 is 22.6 Å². The Kier molecular flexibility index (Phi) is 5.56. The molecule has 1 aliphatic rings. The van der Waals surface area contributed by atoms with Crippen LogP contribution in [0.15, 0.2) is 66.0 Å². The number of benzene rings is 2. The highest BCUT2D eigenvalue weighted by Crippen LogP contribution is 2.31. The molecule has 160 valence electrons. The van der Waals surface area contributed by atoms with E-state index >= 15 is 0 Å². The zero-order valence-corrected chi connectivity index (χ0v) is 19.4. The summed E-state index contributed by atoms with van der Waals surface area (Å²) in [6, 6.07) is 16.2. The number of hydrogen-bond donors (Lipinski definition) is 0. The highest BCUT2D eigenvalue weighted by atomic mass is 127. The Morgan fingerprint density at radius 2 is 2.03 bits per heavy atom. The average molecular weight is 538 g/mol. The van der Waals surface area contributed by atoms with Gasteiger partial charge in [0.1, 0.15) is 12.2 Å². The lowest BCUT2D eigenvalue weighted by atomic mass is 10.1. The lowest BCUT2D eigenvalue weighted by Crippen LogP contribution is -2.15. The third kappa shape index (κ3) is 3.95. The molecule has 0 atom stereocenters. The van der Waals surface area contributed by atoms with Crippen LogP contribution in [0.25, 0.3) is 5.69 Å². The molecule has 1 aliphatic heterocycles. The monoisotopic (exact) mass is 538 g/mol. The maximum atomic E-state index is 12.1. The predicted octanol–water partition coefficient (Wildman–Crippen LogP) is 3.97. The maximum absolute atomic E-state index is 12.1. The van der Waals surface area contributed by atoms with Crippen molar-refractivity contribution in [1.82, 2.24) is 24.5 Å². The Hall–Kier alpha value is -3.34. The van der Waals surface area contributed by atoms with Gasteiger partial charge in [-0.15, -0.1) is 5.10 Å². The second-order valence-electron chi connectivity index (χ2n) is 7.28. The molecule has 3 heterocycles. The molecule has 32 heavy (non-hydrogen) atoms. The molecule has 2 aromatic heterocycles. The van der Waals surface area contributed by atoms with Crippen molar-refractivity contribution >= 4 is 40.1 Å². The molecule has 0 radical (unpaired) electrons. The maximum Gasteiger partial charge on any atom is 0.358 e. The molecule has 2 aromatic carbocycles. The van der Waals surface area contributed by atoms with Gasteiger partial charge >= 0.3 is 5.97 Å². The quantitative estimate of drug-likeness (QED) is 0.290. The number of aliphatic imine (C=N–C) groups is 1. The molecular formula is C23H19IN6O2. The van der Waals surface area contributed by atoms with Gasteiger partial charge in [-0.1, -0.05) is 35.5 Å². The van der Waals surface area contributed by atoms with Crippen molar-refractivity contribution in [3.8, 4) is 5.69 Å². The van der Waals surface area contributed by atoms with Gasteiger partial charge in [-0.2, -0.15) is 0 Å². The van der Waals surface area contributed by atoms with E-state index in [0.717, 1.165) is 37.7 Å². The Morgan fingerprint density at radius 1 is 1.19 bits per heavy atom. The SMILES string of the molecule is CCOC(=O)c1cn(C2=Nc3ccc(I)cc3-n3nnc(Cc4ccccc4)c3C2)cn1. The van der Waals surface area contributed by atoms with E-state index in [9.17, 15) is 4.79 Å². The van der Waals surface area contributed by atoms with Crippen LogP contribution in [0, 0.1) is 3.57 Å². The number of halogens is 1. The van der Waals surface area contributed by atoms with E-state index in [0.29, 0.717) is 19.4 Å². The minimum absolute atomic E-state index is 0.248. The number of carbonyl (C=O) groups is 1. The largest absolute Gasteiger partial charge is 0.461 e. The number of nitrogens with zero attached hydrogens (tertiary/aromatic N) is 6. The van der Waals surface area contributed by atoms with Crippen LogP contribution in [0.2, 0.25) is 0 Å². The molecule has 5 rings (SSSR count). The summed E-state index contributed by atoms with van der Waals surface area (Å²) in [5.74, 6) is 0.276. The normalized spacial score (nSPS) is 12.5. The van der Waals surface area contributed by atoms with Crippen molar-refractivity contribution in [2.45, 2.75) is 19.8 Å². The molecule has 0 spiro atoms. The highest BCUT2D eigenvalue weighted by Gasteiger charge is 2.24. The van der Waals surface area contributed by atoms with Crippen LogP contribution in [0.5, 0.6) is 0 Å². The summed E-state index contributed by atoms with van der Waals surface area (Å²) < 4.78 is 9.79. The smallest absolute Gasteiger partial charge is 0.358 e. The van der Waals surface area contributed by atoms with Gasteiger partial charge in [-0.3, -0.25) is 4.57 Å². The number of ether oxygens (including phenoxy) is 1. The van der Waals surface area contributed by atoms with Gasteiger partial charge < -0.3 is 4.74 Å². The molecule has 8 nitrogen and oxygen atoms in total. The zero-order chi connectivity index (χ0) is 22.1. The summed E-state index contributed by atoms with van der Waals surface area (Å²) >= 11 is 2.28. The number of carbonyl (C=O) groups excluding carboxylic acids is 1. The summed E-state index contributed by atoms with van der Waals surface area (Å²) in [6.45, 7) is 2.07. The second-order valence-corrected chi connectivity index (χ2v) is 8.53. The van der Waals surface area contributed by atoms with E-state index in [2.05, 4.69) is 50.0 Å². The van der Waals surface area contributed by atoms with Gasteiger partial charge in [-0.25, -0.2) is 19.5 Å². The van der Waals surface area contributed by atoms with Gasteiger partial charge in [0.15, 0.2) is 5.69 Å². The summed E-state index contributed by atoms with van der Waals surface area (Å²) in [5, 5.41) is 8.98. The van der Waals surface area contributed by atoms with Crippen LogP contribution in [-0.2, 0) is 17.6 Å². The standard InChI is InChI=1S/C23H19IN6O2/c1-2-32-23(31)19-13-29(14-25-19)22-12-21-18(10-15-6-4-3-5-7-15)27-28-30(21)20-11-16(24)8-9-17(20)26-22/h3-9,11,13-14H,2,10,12H2,1H3.